The Balaban J connectivity index is 3.17. The monoisotopic (exact) mass is 300 g/mol. The third kappa shape index (κ3) is 3.00. The van der Waals surface area contributed by atoms with Gasteiger partial charge in [0.25, 0.3) is 0 Å². The summed E-state index contributed by atoms with van der Waals surface area (Å²) in [5.41, 5.74) is 4.91. The van der Waals surface area contributed by atoms with Gasteiger partial charge in [-0.25, -0.2) is 0 Å². The molecule has 0 aromatic heterocycles. The lowest BCUT2D eigenvalue weighted by Gasteiger charge is -2.19. The number of methoxy groups -OCH3 is 1. The van der Waals surface area contributed by atoms with Crippen LogP contribution in [0.3, 0.4) is 0 Å². The second-order valence-electron chi connectivity index (χ2n) is 4.16. The molecule has 1 rings (SSSR count). The van der Waals surface area contributed by atoms with E-state index in [1.54, 1.807) is 7.11 Å². The molecule has 4 heteroatoms. The van der Waals surface area contributed by atoms with Crippen LogP contribution in [0.15, 0.2) is 4.47 Å². The first-order valence-corrected chi connectivity index (χ1v) is 6.51. The molecule has 0 radical (unpaired) electrons. The SMILES string of the molecule is CNCNCc1c(C)c(Br)c(C)c(C)c1OC. The minimum Gasteiger partial charge on any atom is -0.496 e. The van der Waals surface area contributed by atoms with E-state index in [1.807, 2.05) is 7.05 Å². The van der Waals surface area contributed by atoms with E-state index in [0.717, 1.165) is 19.0 Å². The van der Waals surface area contributed by atoms with E-state index >= 15 is 0 Å². The Morgan fingerprint density at radius 1 is 1.12 bits per heavy atom. The van der Waals surface area contributed by atoms with Crippen molar-refractivity contribution in [2.24, 2.45) is 0 Å². The van der Waals surface area contributed by atoms with Crippen molar-refractivity contribution < 1.29 is 4.74 Å². The summed E-state index contributed by atoms with van der Waals surface area (Å²) in [6, 6.07) is 0. The molecule has 0 aliphatic rings. The zero-order valence-corrected chi connectivity index (χ0v) is 12.8. The van der Waals surface area contributed by atoms with E-state index in [2.05, 4.69) is 47.3 Å². The molecule has 0 saturated carbocycles. The highest BCUT2D eigenvalue weighted by Crippen LogP contribution is 2.35. The summed E-state index contributed by atoms with van der Waals surface area (Å²) in [7, 11) is 3.66. The fraction of sp³-hybridized carbons (Fsp3) is 0.538. The van der Waals surface area contributed by atoms with Gasteiger partial charge in [0.1, 0.15) is 5.75 Å². The number of nitrogens with one attached hydrogen (secondary N) is 2. The van der Waals surface area contributed by atoms with Crippen LogP contribution in [-0.4, -0.2) is 20.8 Å². The molecular formula is C13H21BrN2O. The van der Waals surface area contributed by atoms with Crippen LogP contribution in [0.5, 0.6) is 5.75 Å². The lowest BCUT2D eigenvalue weighted by atomic mass is 9.99. The van der Waals surface area contributed by atoms with Gasteiger partial charge in [0.2, 0.25) is 0 Å². The van der Waals surface area contributed by atoms with Crippen LogP contribution < -0.4 is 15.4 Å². The van der Waals surface area contributed by atoms with E-state index in [4.69, 9.17) is 4.74 Å². The van der Waals surface area contributed by atoms with Crippen LogP contribution in [-0.2, 0) is 6.54 Å². The standard InChI is InChI=1S/C13H21BrN2O/c1-8-9(2)13(17-5)11(6-16-7-15-4)10(3)12(8)14/h15-16H,6-7H2,1-5H3. The molecule has 0 heterocycles. The van der Waals surface area contributed by atoms with Crippen LogP contribution >= 0.6 is 15.9 Å². The van der Waals surface area contributed by atoms with Gasteiger partial charge in [-0.15, -0.1) is 0 Å². The maximum Gasteiger partial charge on any atom is 0.126 e. The molecule has 96 valence electrons. The Hall–Kier alpha value is -0.580. The number of hydrogen-bond acceptors (Lipinski definition) is 3. The highest BCUT2D eigenvalue weighted by Gasteiger charge is 2.15. The highest BCUT2D eigenvalue weighted by molar-refractivity contribution is 9.10. The summed E-state index contributed by atoms with van der Waals surface area (Å²) >= 11 is 3.65. The molecule has 0 bridgehead atoms. The average molecular weight is 301 g/mol. The van der Waals surface area contributed by atoms with Crippen molar-refractivity contribution in [1.29, 1.82) is 0 Å². The summed E-state index contributed by atoms with van der Waals surface area (Å²) in [4.78, 5) is 0. The van der Waals surface area contributed by atoms with Crippen LogP contribution in [0.1, 0.15) is 22.3 Å². The minimum atomic E-state index is 0.785. The first-order chi connectivity index (χ1) is 8.04. The fourth-order valence-electron chi connectivity index (χ4n) is 1.95. The number of benzene rings is 1. The Labute approximate surface area is 112 Å². The maximum atomic E-state index is 5.54. The normalized spacial score (nSPS) is 10.7. The van der Waals surface area contributed by atoms with Gasteiger partial charge in [-0.2, -0.15) is 0 Å². The van der Waals surface area contributed by atoms with Crippen LogP contribution in [0.4, 0.5) is 0 Å². The molecule has 0 amide bonds. The largest absolute Gasteiger partial charge is 0.496 e. The van der Waals surface area contributed by atoms with Gasteiger partial charge in [-0.1, -0.05) is 15.9 Å². The van der Waals surface area contributed by atoms with Crippen LogP contribution in [0.2, 0.25) is 0 Å². The quantitative estimate of drug-likeness (QED) is 0.648. The van der Waals surface area contributed by atoms with E-state index < -0.39 is 0 Å². The second kappa shape index (κ2) is 6.38. The van der Waals surface area contributed by atoms with Crippen LogP contribution in [0.25, 0.3) is 0 Å². The Kier molecular flexibility index (Phi) is 5.43. The summed E-state index contributed by atoms with van der Waals surface area (Å²) in [5.74, 6) is 0.992. The molecule has 0 aliphatic carbocycles. The molecule has 0 atom stereocenters. The average Bonchev–Trinajstić information content (AvgIpc) is 2.33. The lowest BCUT2D eigenvalue weighted by Crippen LogP contribution is -2.26. The summed E-state index contributed by atoms with van der Waals surface area (Å²) in [6.07, 6.45) is 0. The van der Waals surface area contributed by atoms with E-state index in [1.165, 1.54) is 26.7 Å². The minimum absolute atomic E-state index is 0.785. The molecule has 0 fully saturated rings. The summed E-state index contributed by atoms with van der Waals surface area (Å²) < 4.78 is 6.72. The first kappa shape index (κ1) is 14.5. The Morgan fingerprint density at radius 3 is 2.29 bits per heavy atom. The van der Waals surface area contributed by atoms with Crippen molar-refractivity contribution in [2.75, 3.05) is 20.8 Å². The van der Waals surface area contributed by atoms with Crippen molar-refractivity contribution >= 4 is 15.9 Å². The van der Waals surface area contributed by atoms with Crippen molar-refractivity contribution in [3.05, 3.63) is 26.7 Å². The molecule has 0 unspecified atom stereocenters. The van der Waals surface area contributed by atoms with Gasteiger partial charge >= 0.3 is 0 Å². The predicted octanol–water partition coefficient (Wildman–Crippen LogP) is 2.65. The third-order valence-corrected chi connectivity index (χ3v) is 4.29. The molecule has 2 N–H and O–H groups in total. The van der Waals surface area contributed by atoms with Crippen molar-refractivity contribution in [2.45, 2.75) is 27.3 Å². The molecule has 0 spiro atoms. The number of rotatable bonds is 5. The second-order valence-corrected chi connectivity index (χ2v) is 4.95. The summed E-state index contributed by atoms with van der Waals surface area (Å²) in [5, 5.41) is 6.40. The maximum absolute atomic E-state index is 5.54. The molecular weight excluding hydrogens is 280 g/mol. The van der Waals surface area contributed by atoms with Gasteiger partial charge in [-0.3, -0.25) is 0 Å². The molecule has 1 aromatic rings. The van der Waals surface area contributed by atoms with E-state index in [9.17, 15) is 0 Å². The summed E-state index contributed by atoms with van der Waals surface area (Å²) in [6.45, 7) is 7.91. The molecule has 0 saturated heterocycles. The topological polar surface area (TPSA) is 33.3 Å². The molecule has 17 heavy (non-hydrogen) atoms. The number of halogens is 1. The highest BCUT2D eigenvalue weighted by atomic mass is 79.9. The van der Waals surface area contributed by atoms with Gasteiger partial charge in [0, 0.05) is 23.2 Å². The lowest BCUT2D eigenvalue weighted by molar-refractivity contribution is 0.403. The van der Waals surface area contributed by atoms with Crippen LogP contribution in [0, 0.1) is 20.8 Å². The van der Waals surface area contributed by atoms with Gasteiger partial charge in [0.05, 0.1) is 7.11 Å². The van der Waals surface area contributed by atoms with Crippen molar-refractivity contribution in [1.82, 2.24) is 10.6 Å². The first-order valence-electron chi connectivity index (χ1n) is 5.72. The van der Waals surface area contributed by atoms with Gasteiger partial charge < -0.3 is 15.4 Å². The fourth-order valence-corrected chi connectivity index (χ4v) is 2.48. The zero-order valence-electron chi connectivity index (χ0n) is 11.2. The van der Waals surface area contributed by atoms with Gasteiger partial charge in [-0.05, 0) is 44.5 Å². The zero-order chi connectivity index (χ0) is 13.0. The van der Waals surface area contributed by atoms with E-state index in [-0.39, 0.29) is 0 Å². The van der Waals surface area contributed by atoms with Crippen molar-refractivity contribution in [3.8, 4) is 5.75 Å². The molecule has 1 aromatic carbocycles. The number of hydrogen-bond donors (Lipinski definition) is 2. The smallest absolute Gasteiger partial charge is 0.126 e. The number of ether oxygens (including phenoxy) is 1. The van der Waals surface area contributed by atoms with Gasteiger partial charge in [0.15, 0.2) is 0 Å². The predicted molar refractivity (Wildman–Crippen MR) is 75.7 cm³/mol. The van der Waals surface area contributed by atoms with E-state index in [0.29, 0.717) is 0 Å². The Bertz CT molecular complexity index is 405. The third-order valence-electron chi connectivity index (χ3n) is 3.10. The molecule has 3 nitrogen and oxygen atoms in total. The Morgan fingerprint density at radius 2 is 1.76 bits per heavy atom. The molecule has 0 aliphatic heterocycles. The van der Waals surface area contributed by atoms with Crippen molar-refractivity contribution in [3.63, 3.8) is 0 Å².